The number of methoxy groups -OCH3 is 1. The van der Waals surface area contributed by atoms with E-state index in [4.69, 9.17) is 0 Å². The molecule has 0 aliphatic heterocycles. The van der Waals surface area contributed by atoms with Gasteiger partial charge in [0, 0.05) is 25.2 Å². The van der Waals surface area contributed by atoms with Gasteiger partial charge in [-0.1, -0.05) is 19.9 Å². The second kappa shape index (κ2) is 8.16. The van der Waals surface area contributed by atoms with Crippen LogP contribution in [0.15, 0.2) is 30.7 Å². The third kappa shape index (κ3) is 4.24. The maximum atomic E-state index is 12.4. The minimum absolute atomic E-state index is 0.0484. The van der Waals surface area contributed by atoms with Crippen molar-refractivity contribution in [1.29, 1.82) is 0 Å². The number of Topliss-reactive ketones (excluding diaryl/α,β-unsaturated/α-hetero) is 1. The van der Waals surface area contributed by atoms with Gasteiger partial charge in [0.2, 0.25) is 0 Å². The largest absolute Gasteiger partial charge is 0.464 e. The molecule has 0 atom stereocenters. The Labute approximate surface area is 157 Å². The first-order valence-electron chi connectivity index (χ1n) is 9.28. The van der Waals surface area contributed by atoms with Crippen molar-refractivity contribution in [3.8, 4) is 0 Å². The first-order chi connectivity index (χ1) is 13.1. The Morgan fingerprint density at radius 1 is 1.26 bits per heavy atom. The number of H-pyrrole nitrogens is 1. The van der Waals surface area contributed by atoms with Crippen LogP contribution in [0.2, 0.25) is 0 Å². The lowest BCUT2D eigenvalue weighted by Crippen LogP contribution is -2.04. The minimum Gasteiger partial charge on any atom is -0.464 e. The Bertz CT molecular complexity index is 953. The van der Waals surface area contributed by atoms with Gasteiger partial charge in [-0.15, -0.1) is 0 Å². The quantitative estimate of drug-likeness (QED) is 0.531. The van der Waals surface area contributed by atoms with Crippen molar-refractivity contribution in [3.05, 3.63) is 53.5 Å². The van der Waals surface area contributed by atoms with E-state index >= 15 is 0 Å². The molecule has 7 heteroatoms. The summed E-state index contributed by atoms with van der Waals surface area (Å²) in [7, 11) is 1.31. The van der Waals surface area contributed by atoms with Crippen LogP contribution in [0.25, 0.3) is 5.65 Å². The highest BCUT2D eigenvalue weighted by molar-refractivity contribution is 5.94. The zero-order chi connectivity index (χ0) is 19.4. The lowest BCUT2D eigenvalue weighted by Gasteiger charge is -1.98. The number of carbonyl (C=O) groups excluding carboxylic acids is 2. The number of aryl methyl sites for hydroxylation is 1. The summed E-state index contributed by atoms with van der Waals surface area (Å²) in [5.41, 5.74) is 2.81. The normalized spacial score (nSPS) is 13.1. The van der Waals surface area contributed by atoms with Crippen LogP contribution in [0.5, 0.6) is 0 Å². The highest BCUT2D eigenvalue weighted by atomic mass is 16.5. The van der Waals surface area contributed by atoms with Gasteiger partial charge in [-0.25, -0.2) is 14.8 Å². The van der Waals surface area contributed by atoms with E-state index in [1.807, 2.05) is 24.3 Å². The zero-order valence-electron chi connectivity index (χ0n) is 15.9. The highest BCUT2D eigenvalue weighted by Crippen LogP contribution is 2.39. The van der Waals surface area contributed by atoms with Crippen LogP contribution in [0.3, 0.4) is 0 Å². The van der Waals surface area contributed by atoms with Crippen LogP contribution >= 0.6 is 0 Å². The summed E-state index contributed by atoms with van der Waals surface area (Å²) >= 11 is 0. The van der Waals surface area contributed by atoms with Crippen molar-refractivity contribution < 1.29 is 14.3 Å². The number of ketones is 1. The molecule has 4 rings (SSSR count). The second-order valence-corrected chi connectivity index (χ2v) is 6.29. The zero-order valence-corrected chi connectivity index (χ0v) is 15.9. The van der Waals surface area contributed by atoms with Crippen molar-refractivity contribution >= 4 is 17.4 Å². The van der Waals surface area contributed by atoms with E-state index in [-0.39, 0.29) is 17.9 Å². The number of hydrogen-bond donors (Lipinski definition) is 1. The fourth-order valence-corrected chi connectivity index (χ4v) is 2.86. The number of aromatic amines is 1. The molecule has 0 bridgehead atoms. The Kier molecular flexibility index (Phi) is 5.69. The van der Waals surface area contributed by atoms with Crippen molar-refractivity contribution in [2.24, 2.45) is 0 Å². The molecule has 1 aliphatic rings. The Balaban J connectivity index is 0.00000102. The highest BCUT2D eigenvalue weighted by Gasteiger charge is 2.24. The predicted molar refractivity (Wildman–Crippen MR) is 101 cm³/mol. The fraction of sp³-hybridized carbons (Fsp3) is 0.400. The average molecular weight is 368 g/mol. The Hall–Kier alpha value is -2.96. The molecule has 0 saturated heterocycles. The summed E-state index contributed by atoms with van der Waals surface area (Å²) in [5, 5.41) is 0. The van der Waals surface area contributed by atoms with Gasteiger partial charge < -0.3 is 14.1 Å². The number of rotatable bonds is 6. The summed E-state index contributed by atoms with van der Waals surface area (Å²) in [5.74, 6) is 0.715. The van der Waals surface area contributed by atoms with E-state index in [1.165, 1.54) is 31.7 Å². The van der Waals surface area contributed by atoms with Gasteiger partial charge in [0.1, 0.15) is 22.9 Å². The van der Waals surface area contributed by atoms with Crippen LogP contribution < -0.4 is 0 Å². The molecule has 1 N–H and O–H groups in total. The first kappa shape index (κ1) is 18.8. The van der Waals surface area contributed by atoms with Gasteiger partial charge in [-0.05, 0) is 30.4 Å². The van der Waals surface area contributed by atoms with Gasteiger partial charge in [0.25, 0.3) is 0 Å². The molecule has 1 aliphatic carbocycles. The SMILES string of the molecule is CC.COC(=O)c1cnc(CCC(=O)c2cn3cc(C4CC4)ccc3n2)[nH]1. The number of esters is 1. The number of pyridine rings is 1. The van der Waals surface area contributed by atoms with Crippen LogP contribution in [0.1, 0.15) is 71.4 Å². The fourth-order valence-electron chi connectivity index (χ4n) is 2.86. The van der Waals surface area contributed by atoms with Crippen molar-refractivity contribution in [2.75, 3.05) is 7.11 Å². The molecule has 0 amide bonds. The number of ether oxygens (including phenoxy) is 1. The molecule has 3 aromatic heterocycles. The summed E-state index contributed by atoms with van der Waals surface area (Å²) < 4.78 is 6.54. The first-order valence-corrected chi connectivity index (χ1v) is 9.28. The molecule has 27 heavy (non-hydrogen) atoms. The van der Waals surface area contributed by atoms with E-state index in [9.17, 15) is 9.59 Å². The molecular formula is C20H24N4O3. The standard InChI is InChI=1S/C18H18N4O3.C2H6/c1-25-18(24)13-8-19-16(20-13)6-5-15(23)14-10-22-9-12(11-2-3-11)4-7-17(22)21-14;1-2/h4,7-11H,2-3,5-6H2,1H3,(H,19,20);1-2H3. The van der Waals surface area contributed by atoms with Crippen molar-refractivity contribution in [1.82, 2.24) is 19.4 Å². The van der Waals surface area contributed by atoms with Crippen LogP contribution in [0, 0.1) is 0 Å². The molecule has 3 heterocycles. The average Bonchev–Trinajstić information content (AvgIpc) is 3.29. The van der Waals surface area contributed by atoms with Crippen LogP contribution in [-0.2, 0) is 11.2 Å². The number of imidazole rings is 2. The summed E-state index contributed by atoms with van der Waals surface area (Å²) in [6.07, 6.45) is 8.42. The van der Waals surface area contributed by atoms with E-state index in [1.54, 1.807) is 6.20 Å². The van der Waals surface area contributed by atoms with Gasteiger partial charge >= 0.3 is 5.97 Å². The van der Waals surface area contributed by atoms with Crippen molar-refractivity contribution in [2.45, 2.75) is 45.4 Å². The van der Waals surface area contributed by atoms with Gasteiger partial charge in [0.05, 0.1) is 13.3 Å². The molecule has 0 unspecified atom stereocenters. The molecule has 0 radical (unpaired) electrons. The maximum Gasteiger partial charge on any atom is 0.356 e. The molecular weight excluding hydrogens is 344 g/mol. The molecule has 7 nitrogen and oxygen atoms in total. The molecule has 0 aromatic carbocycles. The van der Waals surface area contributed by atoms with Gasteiger partial charge in [-0.3, -0.25) is 4.79 Å². The molecule has 142 valence electrons. The number of hydrogen-bond acceptors (Lipinski definition) is 5. The number of fused-ring (bicyclic) bond motifs is 1. The molecule has 0 spiro atoms. The number of nitrogens with zero attached hydrogens (tertiary/aromatic N) is 3. The molecule has 3 aromatic rings. The van der Waals surface area contributed by atoms with E-state index in [0.717, 1.165) is 5.65 Å². The van der Waals surface area contributed by atoms with Crippen LogP contribution in [0.4, 0.5) is 0 Å². The third-order valence-electron chi connectivity index (χ3n) is 4.43. The van der Waals surface area contributed by atoms with E-state index in [2.05, 4.69) is 32.0 Å². The number of nitrogens with one attached hydrogen (secondary N) is 1. The number of carbonyl (C=O) groups is 2. The topological polar surface area (TPSA) is 89.3 Å². The third-order valence-corrected chi connectivity index (χ3v) is 4.43. The maximum absolute atomic E-state index is 12.4. The Morgan fingerprint density at radius 2 is 2.04 bits per heavy atom. The van der Waals surface area contributed by atoms with Crippen molar-refractivity contribution in [3.63, 3.8) is 0 Å². The monoisotopic (exact) mass is 368 g/mol. The molecule has 1 fully saturated rings. The molecule has 1 saturated carbocycles. The second-order valence-electron chi connectivity index (χ2n) is 6.29. The summed E-state index contributed by atoms with van der Waals surface area (Å²) in [4.78, 5) is 35.2. The lowest BCUT2D eigenvalue weighted by atomic mass is 10.2. The predicted octanol–water partition coefficient (Wildman–Crippen LogP) is 3.56. The van der Waals surface area contributed by atoms with Gasteiger partial charge in [0.15, 0.2) is 5.78 Å². The smallest absolute Gasteiger partial charge is 0.356 e. The summed E-state index contributed by atoms with van der Waals surface area (Å²) in [6.45, 7) is 4.00. The Morgan fingerprint density at radius 3 is 2.74 bits per heavy atom. The summed E-state index contributed by atoms with van der Waals surface area (Å²) in [6, 6.07) is 4.05. The lowest BCUT2D eigenvalue weighted by molar-refractivity contribution is 0.0594. The number of aromatic nitrogens is 4. The van der Waals surface area contributed by atoms with E-state index < -0.39 is 5.97 Å². The van der Waals surface area contributed by atoms with E-state index in [0.29, 0.717) is 23.9 Å². The van der Waals surface area contributed by atoms with Crippen LogP contribution in [-0.4, -0.2) is 38.2 Å². The van der Waals surface area contributed by atoms with Gasteiger partial charge in [-0.2, -0.15) is 0 Å². The minimum atomic E-state index is -0.475.